The average Bonchev–Trinajstić information content (AvgIpc) is 2.55. The third-order valence-corrected chi connectivity index (χ3v) is 3.25. The van der Waals surface area contributed by atoms with Crippen LogP contribution in [-0.2, 0) is 22.1 Å². The predicted molar refractivity (Wildman–Crippen MR) is 66.3 cm³/mol. The molecule has 17 heavy (non-hydrogen) atoms. The van der Waals surface area contributed by atoms with Gasteiger partial charge in [0.2, 0.25) is 0 Å². The van der Waals surface area contributed by atoms with Gasteiger partial charge in [0, 0.05) is 29.4 Å². The molecule has 0 aliphatic carbocycles. The Labute approximate surface area is 103 Å². The minimum atomic E-state index is -0.822. The molecule has 1 aromatic rings. The quantitative estimate of drug-likeness (QED) is 0.770. The van der Waals surface area contributed by atoms with E-state index in [2.05, 4.69) is 9.72 Å². The Balaban J connectivity index is 2.82. The first-order valence-electron chi connectivity index (χ1n) is 5.18. The zero-order valence-electron chi connectivity index (χ0n) is 10.2. The first-order valence-corrected chi connectivity index (χ1v) is 6.91. The van der Waals surface area contributed by atoms with Crippen LogP contribution in [0.4, 0.5) is 5.82 Å². The largest absolute Gasteiger partial charge is 0.464 e. The lowest BCUT2D eigenvalue weighted by atomic mass is 10.4. The van der Waals surface area contributed by atoms with E-state index in [1.807, 2.05) is 0 Å². The molecule has 0 saturated heterocycles. The SMILES string of the molecule is COC(=O)c1nc(C)n(CCCS(C)=O)c1N. The molecule has 7 heteroatoms. The Hall–Kier alpha value is -1.37. The molecule has 0 aliphatic rings. The molecule has 1 unspecified atom stereocenters. The molecule has 1 atom stereocenters. The van der Waals surface area contributed by atoms with Gasteiger partial charge in [-0.05, 0) is 13.3 Å². The monoisotopic (exact) mass is 259 g/mol. The number of nitrogens with zero attached hydrogens (tertiary/aromatic N) is 2. The van der Waals surface area contributed by atoms with Crippen molar-refractivity contribution in [2.24, 2.45) is 0 Å². The van der Waals surface area contributed by atoms with Crippen molar-refractivity contribution in [2.75, 3.05) is 24.9 Å². The average molecular weight is 259 g/mol. The second-order valence-corrected chi connectivity index (χ2v) is 5.22. The number of imidazole rings is 1. The molecule has 0 fully saturated rings. The fraction of sp³-hybridized carbons (Fsp3) is 0.600. The zero-order valence-corrected chi connectivity index (χ0v) is 11.0. The Morgan fingerprint density at radius 3 is 2.76 bits per heavy atom. The van der Waals surface area contributed by atoms with Gasteiger partial charge in [0.15, 0.2) is 5.69 Å². The Bertz CT molecular complexity index is 442. The molecule has 1 aromatic heterocycles. The van der Waals surface area contributed by atoms with E-state index in [-0.39, 0.29) is 5.69 Å². The molecule has 6 nitrogen and oxygen atoms in total. The van der Waals surface area contributed by atoms with Gasteiger partial charge in [-0.15, -0.1) is 0 Å². The van der Waals surface area contributed by atoms with Crippen molar-refractivity contribution in [3.63, 3.8) is 0 Å². The van der Waals surface area contributed by atoms with Crippen LogP contribution in [0.5, 0.6) is 0 Å². The smallest absolute Gasteiger partial charge is 0.360 e. The third kappa shape index (κ3) is 3.29. The van der Waals surface area contributed by atoms with Crippen LogP contribution in [0.2, 0.25) is 0 Å². The molecule has 0 amide bonds. The number of aryl methyl sites for hydroxylation is 1. The maximum absolute atomic E-state index is 11.4. The number of rotatable bonds is 5. The number of carbonyl (C=O) groups excluding carboxylic acids is 1. The van der Waals surface area contributed by atoms with Crippen LogP contribution in [0.3, 0.4) is 0 Å². The summed E-state index contributed by atoms with van der Waals surface area (Å²) in [7, 11) is 0.466. The van der Waals surface area contributed by atoms with Crippen LogP contribution >= 0.6 is 0 Å². The van der Waals surface area contributed by atoms with Gasteiger partial charge in [0.05, 0.1) is 7.11 Å². The van der Waals surface area contributed by atoms with Crippen LogP contribution < -0.4 is 5.73 Å². The summed E-state index contributed by atoms with van der Waals surface area (Å²) in [6.45, 7) is 2.37. The van der Waals surface area contributed by atoms with Crippen molar-refractivity contribution in [1.29, 1.82) is 0 Å². The second-order valence-electron chi connectivity index (χ2n) is 3.67. The van der Waals surface area contributed by atoms with E-state index in [1.54, 1.807) is 17.7 Å². The fourth-order valence-electron chi connectivity index (χ4n) is 1.54. The highest BCUT2D eigenvalue weighted by Crippen LogP contribution is 2.15. The van der Waals surface area contributed by atoms with Crippen LogP contribution in [0.15, 0.2) is 0 Å². The molecule has 2 N–H and O–H groups in total. The highest BCUT2D eigenvalue weighted by atomic mass is 32.2. The van der Waals surface area contributed by atoms with Gasteiger partial charge in [-0.1, -0.05) is 0 Å². The maximum atomic E-state index is 11.4. The number of nitrogens with two attached hydrogens (primary N) is 1. The third-order valence-electron chi connectivity index (χ3n) is 2.39. The number of hydrogen-bond acceptors (Lipinski definition) is 5. The lowest BCUT2D eigenvalue weighted by Crippen LogP contribution is -2.10. The molecular weight excluding hydrogens is 242 g/mol. The number of anilines is 1. The minimum Gasteiger partial charge on any atom is -0.464 e. The topological polar surface area (TPSA) is 87.2 Å². The number of carbonyl (C=O) groups is 1. The van der Waals surface area contributed by atoms with Crippen molar-refractivity contribution in [3.05, 3.63) is 11.5 Å². The standard InChI is InChI=1S/C10H17N3O3S/c1-7-12-8(10(14)16-2)9(11)13(7)5-4-6-17(3)15/h4-6,11H2,1-3H3. The number of esters is 1. The van der Waals surface area contributed by atoms with Gasteiger partial charge >= 0.3 is 5.97 Å². The Morgan fingerprint density at radius 2 is 2.24 bits per heavy atom. The van der Waals surface area contributed by atoms with E-state index >= 15 is 0 Å². The lowest BCUT2D eigenvalue weighted by Gasteiger charge is -2.06. The summed E-state index contributed by atoms with van der Waals surface area (Å²) >= 11 is 0. The summed E-state index contributed by atoms with van der Waals surface area (Å²) in [4.78, 5) is 15.4. The highest BCUT2D eigenvalue weighted by molar-refractivity contribution is 7.84. The summed E-state index contributed by atoms with van der Waals surface area (Å²) in [5.41, 5.74) is 5.96. The van der Waals surface area contributed by atoms with Crippen molar-refractivity contribution in [1.82, 2.24) is 9.55 Å². The number of ether oxygens (including phenoxy) is 1. The maximum Gasteiger partial charge on any atom is 0.360 e. The number of aromatic nitrogens is 2. The molecular formula is C10H17N3O3S. The fourth-order valence-corrected chi connectivity index (χ4v) is 2.07. The van der Waals surface area contributed by atoms with Gasteiger partial charge in [-0.25, -0.2) is 9.78 Å². The van der Waals surface area contributed by atoms with Crippen LogP contribution in [-0.4, -0.2) is 38.8 Å². The molecule has 0 radical (unpaired) electrons. The van der Waals surface area contributed by atoms with Gasteiger partial charge in [0.25, 0.3) is 0 Å². The van der Waals surface area contributed by atoms with E-state index in [9.17, 15) is 9.00 Å². The Morgan fingerprint density at radius 1 is 1.59 bits per heavy atom. The predicted octanol–water partition coefficient (Wildman–Crippen LogP) is 0.329. The Kier molecular flexibility index (Phi) is 4.68. The molecule has 1 heterocycles. The van der Waals surface area contributed by atoms with Crippen LogP contribution in [0, 0.1) is 6.92 Å². The first-order chi connectivity index (χ1) is 7.97. The van der Waals surface area contributed by atoms with Crippen molar-refractivity contribution in [2.45, 2.75) is 19.9 Å². The van der Waals surface area contributed by atoms with Crippen LogP contribution in [0.25, 0.3) is 0 Å². The van der Waals surface area contributed by atoms with Crippen molar-refractivity contribution < 1.29 is 13.7 Å². The van der Waals surface area contributed by atoms with E-state index in [0.29, 0.717) is 23.9 Å². The number of nitrogen functional groups attached to an aromatic ring is 1. The first kappa shape index (κ1) is 13.7. The summed E-state index contributed by atoms with van der Waals surface area (Å²) in [6.07, 6.45) is 2.38. The van der Waals surface area contributed by atoms with Crippen molar-refractivity contribution >= 4 is 22.6 Å². The van der Waals surface area contributed by atoms with Gasteiger partial charge in [-0.3, -0.25) is 4.21 Å². The molecule has 0 aromatic carbocycles. The lowest BCUT2D eigenvalue weighted by molar-refractivity contribution is 0.0595. The van der Waals surface area contributed by atoms with Gasteiger partial charge < -0.3 is 15.0 Å². The highest BCUT2D eigenvalue weighted by Gasteiger charge is 2.18. The molecule has 1 rings (SSSR count). The van der Waals surface area contributed by atoms with Gasteiger partial charge in [-0.2, -0.15) is 0 Å². The van der Waals surface area contributed by atoms with E-state index in [1.165, 1.54) is 7.11 Å². The molecule has 0 saturated carbocycles. The summed E-state index contributed by atoms with van der Waals surface area (Å²) in [5, 5.41) is 0. The number of methoxy groups -OCH3 is 1. The van der Waals surface area contributed by atoms with E-state index < -0.39 is 16.8 Å². The summed E-state index contributed by atoms with van der Waals surface area (Å²) in [5.74, 6) is 1.02. The second kappa shape index (κ2) is 5.81. The number of hydrogen-bond donors (Lipinski definition) is 1. The van der Waals surface area contributed by atoms with Crippen molar-refractivity contribution in [3.8, 4) is 0 Å². The van der Waals surface area contributed by atoms with E-state index in [4.69, 9.17) is 5.73 Å². The molecule has 0 spiro atoms. The van der Waals surface area contributed by atoms with Crippen LogP contribution in [0.1, 0.15) is 22.7 Å². The summed E-state index contributed by atoms with van der Waals surface area (Å²) < 4.78 is 17.3. The van der Waals surface area contributed by atoms with Gasteiger partial charge in [0.1, 0.15) is 11.6 Å². The molecule has 0 aliphatic heterocycles. The zero-order chi connectivity index (χ0) is 13.0. The molecule has 96 valence electrons. The summed E-state index contributed by atoms with van der Waals surface area (Å²) in [6, 6.07) is 0. The minimum absolute atomic E-state index is 0.141. The molecule has 0 bridgehead atoms. The normalized spacial score (nSPS) is 12.4. The van der Waals surface area contributed by atoms with E-state index in [0.717, 1.165) is 6.42 Å².